The Morgan fingerprint density at radius 1 is 1.00 bits per heavy atom. The summed E-state index contributed by atoms with van der Waals surface area (Å²) in [6, 6.07) is 22.0. The van der Waals surface area contributed by atoms with E-state index < -0.39 is 0 Å². The van der Waals surface area contributed by atoms with Gasteiger partial charge >= 0.3 is 0 Å². The van der Waals surface area contributed by atoms with Gasteiger partial charge in [-0.15, -0.1) is 0 Å². The molecule has 1 saturated heterocycles. The molecule has 2 aromatic carbocycles. The van der Waals surface area contributed by atoms with Gasteiger partial charge < -0.3 is 14.5 Å². The second-order valence-corrected chi connectivity index (χ2v) is 7.71. The molecule has 1 aromatic heterocycles. The Labute approximate surface area is 171 Å². The van der Waals surface area contributed by atoms with Crippen molar-refractivity contribution in [2.24, 2.45) is 0 Å². The van der Waals surface area contributed by atoms with Crippen LogP contribution in [0.5, 0.6) is 5.75 Å². The van der Waals surface area contributed by atoms with Crippen LogP contribution in [0.1, 0.15) is 12.0 Å². The average molecular weight is 389 g/mol. The Kier molecular flexibility index (Phi) is 5.67. The second-order valence-electron chi connectivity index (χ2n) is 7.71. The molecule has 1 aliphatic heterocycles. The smallest absolute Gasteiger partial charge is 0.255 e. The van der Waals surface area contributed by atoms with Crippen LogP contribution in [0.15, 0.2) is 77.7 Å². The fraction of sp³-hybridized carbons (Fsp3) is 0.292. The number of benzene rings is 2. The number of hydrogen-bond donors (Lipinski definition) is 0. The lowest BCUT2D eigenvalue weighted by Crippen LogP contribution is -2.31. The Morgan fingerprint density at radius 2 is 1.72 bits per heavy atom. The zero-order chi connectivity index (χ0) is 20.2. The van der Waals surface area contributed by atoms with Gasteiger partial charge in [-0.05, 0) is 68.5 Å². The lowest BCUT2D eigenvalue weighted by Gasteiger charge is -2.22. The van der Waals surface area contributed by atoms with Crippen LogP contribution in [-0.2, 0) is 6.61 Å². The molecule has 29 heavy (non-hydrogen) atoms. The Hall–Kier alpha value is -3.05. The maximum absolute atomic E-state index is 12.6. The number of aromatic nitrogens is 1. The zero-order valence-corrected chi connectivity index (χ0v) is 17.0. The summed E-state index contributed by atoms with van der Waals surface area (Å²) >= 11 is 0. The van der Waals surface area contributed by atoms with Gasteiger partial charge in [0.1, 0.15) is 12.4 Å². The highest BCUT2D eigenvalue weighted by atomic mass is 16.5. The molecule has 0 radical (unpaired) electrons. The molecule has 1 unspecified atom stereocenters. The molecule has 0 amide bonds. The maximum Gasteiger partial charge on any atom is 0.255 e. The van der Waals surface area contributed by atoms with Crippen LogP contribution >= 0.6 is 0 Å². The first kappa shape index (κ1) is 19.3. The summed E-state index contributed by atoms with van der Waals surface area (Å²) in [5, 5.41) is 0. The van der Waals surface area contributed by atoms with Crippen molar-refractivity contribution in [3.8, 4) is 11.4 Å². The monoisotopic (exact) mass is 389 g/mol. The third kappa shape index (κ3) is 4.51. The highest BCUT2D eigenvalue weighted by molar-refractivity contribution is 5.52. The predicted molar refractivity (Wildman–Crippen MR) is 117 cm³/mol. The van der Waals surface area contributed by atoms with Gasteiger partial charge in [-0.1, -0.05) is 18.2 Å². The molecule has 1 aliphatic rings. The van der Waals surface area contributed by atoms with E-state index in [9.17, 15) is 4.79 Å². The van der Waals surface area contributed by atoms with E-state index in [1.165, 1.54) is 12.1 Å². The van der Waals surface area contributed by atoms with E-state index >= 15 is 0 Å². The third-order valence-electron chi connectivity index (χ3n) is 5.52. The van der Waals surface area contributed by atoms with Gasteiger partial charge in [-0.25, -0.2) is 0 Å². The Balaban J connectivity index is 1.44. The van der Waals surface area contributed by atoms with E-state index in [4.69, 9.17) is 4.74 Å². The molecule has 1 fully saturated rings. The SMILES string of the molecule is CN(C)C1CCN(c2ccc(-n3ccc(COc4ccccc4)cc3=O)cc2)C1. The third-order valence-corrected chi connectivity index (χ3v) is 5.52. The molecule has 150 valence electrons. The first-order chi connectivity index (χ1) is 14.1. The summed E-state index contributed by atoms with van der Waals surface area (Å²) in [7, 11) is 4.27. The first-order valence-electron chi connectivity index (χ1n) is 10.0. The molecule has 5 heteroatoms. The van der Waals surface area contributed by atoms with Crippen molar-refractivity contribution in [2.45, 2.75) is 19.1 Å². The van der Waals surface area contributed by atoms with Gasteiger partial charge in [0, 0.05) is 42.8 Å². The molecule has 0 N–H and O–H groups in total. The summed E-state index contributed by atoms with van der Waals surface area (Å²) in [6.45, 7) is 2.49. The van der Waals surface area contributed by atoms with E-state index in [1.807, 2.05) is 54.7 Å². The van der Waals surface area contributed by atoms with Crippen LogP contribution in [-0.4, -0.2) is 42.7 Å². The number of para-hydroxylation sites is 1. The quantitative estimate of drug-likeness (QED) is 0.646. The molecule has 0 bridgehead atoms. The van der Waals surface area contributed by atoms with E-state index in [1.54, 1.807) is 10.6 Å². The number of likely N-dealkylation sites (N-methyl/N-ethyl adjacent to an activating group) is 1. The van der Waals surface area contributed by atoms with E-state index in [-0.39, 0.29) is 5.56 Å². The molecule has 4 rings (SSSR count). The predicted octanol–water partition coefficient (Wildman–Crippen LogP) is 3.56. The minimum atomic E-state index is -0.0549. The molecule has 0 aliphatic carbocycles. The van der Waals surface area contributed by atoms with Crippen molar-refractivity contribution in [3.05, 3.63) is 88.8 Å². The Bertz CT molecular complexity index is 997. The fourth-order valence-corrected chi connectivity index (χ4v) is 3.73. The standard InChI is InChI=1S/C24H27N3O2/c1-25(2)22-13-14-26(17-22)20-8-10-21(11-9-20)27-15-12-19(16-24(27)28)18-29-23-6-4-3-5-7-23/h3-12,15-16,22H,13-14,17-18H2,1-2H3. The van der Waals surface area contributed by atoms with Gasteiger partial charge in [-0.3, -0.25) is 9.36 Å². The van der Waals surface area contributed by atoms with Crippen molar-refractivity contribution in [1.82, 2.24) is 9.47 Å². The molecule has 2 heterocycles. The second kappa shape index (κ2) is 8.53. The van der Waals surface area contributed by atoms with Crippen LogP contribution in [0.2, 0.25) is 0 Å². The summed E-state index contributed by atoms with van der Waals surface area (Å²) in [5.74, 6) is 0.797. The van der Waals surface area contributed by atoms with Crippen molar-refractivity contribution >= 4 is 5.69 Å². The highest BCUT2D eigenvalue weighted by Gasteiger charge is 2.23. The summed E-state index contributed by atoms with van der Waals surface area (Å²) < 4.78 is 7.40. The number of pyridine rings is 1. The topological polar surface area (TPSA) is 37.7 Å². The van der Waals surface area contributed by atoms with Crippen LogP contribution < -0.4 is 15.2 Å². The van der Waals surface area contributed by atoms with Crippen LogP contribution in [0.25, 0.3) is 5.69 Å². The molecular weight excluding hydrogens is 362 g/mol. The van der Waals surface area contributed by atoms with Gasteiger partial charge in [0.2, 0.25) is 0 Å². The largest absolute Gasteiger partial charge is 0.489 e. The molecular formula is C24H27N3O2. The minimum Gasteiger partial charge on any atom is -0.489 e. The molecule has 3 aromatic rings. The molecule has 0 saturated carbocycles. The van der Waals surface area contributed by atoms with Crippen LogP contribution in [0.3, 0.4) is 0 Å². The number of anilines is 1. The van der Waals surface area contributed by atoms with Gasteiger partial charge in [-0.2, -0.15) is 0 Å². The van der Waals surface area contributed by atoms with Gasteiger partial charge in [0.25, 0.3) is 5.56 Å². The van der Waals surface area contributed by atoms with Crippen molar-refractivity contribution < 1.29 is 4.74 Å². The lowest BCUT2D eigenvalue weighted by atomic mass is 10.2. The van der Waals surface area contributed by atoms with Gasteiger partial charge in [0.05, 0.1) is 0 Å². The van der Waals surface area contributed by atoms with Crippen LogP contribution in [0.4, 0.5) is 5.69 Å². The zero-order valence-electron chi connectivity index (χ0n) is 17.0. The first-order valence-corrected chi connectivity index (χ1v) is 10.0. The summed E-state index contributed by atoms with van der Waals surface area (Å²) in [5.41, 5.74) is 2.89. The number of hydrogen-bond acceptors (Lipinski definition) is 4. The van der Waals surface area contributed by atoms with Crippen molar-refractivity contribution in [2.75, 3.05) is 32.1 Å². The normalized spacial score (nSPS) is 16.4. The van der Waals surface area contributed by atoms with Crippen molar-refractivity contribution in [1.29, 1.82) is 0 Å². The number of nitrogens with zero attached hydrogens (tertiary/aromatic N) is 3. The number of ether oxygens (including phenoxy) is 1. The molecule has 5 nitrogen and oxygen atoms in total. The fourth-order valence-electron chi connectivity index (χ4n) is 3.73. The summed E-state index contributed by atoms with van der Waals surface area (Å²) in [6.07, 6.45) is 3.00. The number of rotatable bonds is 6. The Morgan fingerprint density at radius 3 is 2.38 bits per heavy atom. The average Bonchev–Trinajstić information content (AvgIpc) is 3.24. The maximum atomic E-state index is 12.6. The van der Waals surface area contributed by atoms with Crippen LogP contribution in [0, 0.1) is 0 Å². The van der Waals surface area contributed by atoms with Gasteiger partial charge in [0.15, 0.2) is 0 Å². The van der Waals surface area contributed by atoms with Crippen molar-refractivity contribution in [3.63, 3.8) is 0 Å². The highest BCUT2D eigenvalue weighted by Crippen LogP contribution is 2.23. The lowest BCUT2D eigenvalue weighted by molar-refractivity contribution is 0.306. The minimum absolute atomic E-state index is 0.0549. The van der Waals surface area contributed by atoms with E-state index in [2.05, 4.69) is 36.0 Å². The molecule has 1 atom stereocenters. The summed E-state index contributed by atoms with van der Waals surface area (Å²) in [4.78, 5) is 17.3. The van der Waals surface area contributed by atoms with E-state index in [0.717, 1.165) is 30.1 Å². The van der Waals surface area contributed by atoms with E-state index in [0.29, 0.717) is 12.6 Å². The molecule has 0 spiro atoms.